The number of ether oxygens (including phenoxy) is 1. The third-order valence-electron chi connectivity index (χ3n) is 3.88. The van der Waals surface area contributed by atoms with Gasteiger partial charge in [0.2, 0.25) is 0 Å². The van der Waals surface area contributed by atoms with Crippen LogP contribution in [0.3, 0.4) is 0 Å². The molecule has 4 nitrogen and oxygen atoms in total. The number of anilines is 2. The van der Waals surface area contributed by atoms with Crippen LogP contribution in [0.25, 0.3) is 21.3 Å². The number of thiophene rings is 1. The Morgan fingerprint density at radius 2 is 1.80 bits per heavy atom. The fourth-order valence-electron chi connectivity index (χ4n) is 2.74. The van der Waals surface area contributed by atoms with Crippen molar-refractivity contribution >= 4 is 33.1 Å². The zero-order valence-corrected chi connectivity index (χ0v) is 14.6. The van der Waals surface area contributed by atoms with Crippen LogP contribution in [-0.2, 0) is 0 Å². The third-order valence-corrected chi connectivity index (χ3v) is 4.77. The molecule has 0 atom stereocenters. The van der Waals surface area contributed by atoms with Crippen LogP contribution in [0.4, 0.5) is 11.5 Å². The van der Waals surface area contributed by atoms with Gasteiger partial charge >= 0.3 is 0 Å². The van der Waals surface area contributed by atoms with Crippen molar-refractivity contribution in [3.63, 3.8) is 0 Å². The second-order valence-corrected chi connectivity index (χ2v) is 6.36. The molecule has 124 valence electrons. The average Bonchev–Trinajstić information content (AvgIpc) is 3.10. The minimum atomic E-state index is 0.661. The smallest absolute Gasteiger partial charge is 0.143 e. The molecule has 1 N–H and O–H groups in total. The van der Waals surface area contributed by atoms with Crippen molar-refractivity contribution in [3.05, 3.63) is 66.3 Å². The topological polar surface area (TPSA) is 47.0 Å². The maximum absolute atomic E-state index is 5.49. The Morgan fingerprint density at radius 3 is 2.56 bits per heavy atom. The highest BCUT2D eigenvalue weighted by Crippen LogP contribution is 2.37. The molecule has 0 aliphatic heterocycles. The summed E-state index contributed by atoms with van der Waals surface area (Å²) >= 11 is 1.63. The van der Waals surface area contributed by atoms with Crippen LogP contribution in [0.1, 0.15) is 6.92 Å². The number of hydrogen-bond acceptors (Lipinski definition) is 5. The van der Waals surface area contributed by atoms with E-state index in [1.807, 2.05) is 49.4 Å². The molecule has 0 radical (unpaired) electrons. The van der Waals surface area contributed by atoms with Crippen molar-refractivity contribution in [2.45, 2.75) is 6.92 Å². The lowest BCUT2D eigenvalue weighted by molar-refractivity contribution is 0.340. The fourth-order valence-corrected chi connectivity index (χ4v) is 3.65. The predicted molar refractivity (Wildman–Crippen MR) is 104 cm³/mol. The number of rotatable bonds is 5. The molecule has 25 heavy (non-hydrogen) atoms. The average molecular weight is 347 g/mol. The van der Waals surface area contributed by atoms with E-state index in [-0.39, 0.29) is 0 Å². The molecule has 0 spiro atoms. The van der Waals surface area contributed by atoms with Gasteiger partial charge in [-0.15, -0.1) is 11.3 Å². The Labute approximate surface area is 150 Å². The summed E-state index contributed by atoms with van der Waals surface area (Å²) in [6.07, 6.45) is 1.60. The van der Waals surface area contributed by atoms with Crippen LogP contribution in [-0.4, -0.2) is 16.6 Å². The monoisotopic (exact) mass is 347 g/mol. The first-order valence-electron chi connectivity index (χ1n) is 8.12. The lowest BCUT2D eigenvalue weighted by Crippen LogP contribution is -1.96. The van der Waals surface area contributed by atoms with Gasteiger partial charge in [0.15, 0.2) is 0 Å². The Kier molecular flexibility index (Phi) is 4.31. The summed E-state index contributed by atoms with van der Waals surface area (Å²) in [4.78, 5) is 9.86. The lowest BCUT2D eigenvalue weighted by atomic mass is 10.1. The van der Waals surface area contributed by atoms with Gasteiger partial charge in [-0.1, -0.05) is 30.3 Å². The summed E-state index contributed by atoms with van der Waals surface area (Å²) in [6, 6.07) is 18.2. The van der Waals surface area contributed by atoms with Crippen LogP contribution >= 0.6 is 11.3 Å². The van der Waals surface area contributed by atoms with Crippen LogP contribution in [0.15, 0.2) is 66.3 Å². The van der Waals surface area contributed by atoms with Gasteiger partial charge in [-0.3, -0.25) is 0 Å². The molecular formula is C20H17N3OS. The maximum atomic E-state index is 5.49. The van der Waals surface area contributed by atoms with E-state index in [0.717, 1.165) is 33.0 Å². The van der Waals surface area contributed by atoms with Gasteiger partial charge in [0.05, 0.1) is 12.0 Å². The van der Waals surface area contributed by atoms with Gasteiger partial charge in [0.25, 0.3) is 0 Å². The van der Waals surface area contributed by atoms with E-state index in [0.29, 0.717) is 6.61 Å². The summed E-state index contributed by atoms with van der Waals surface area (Å²) < 4.78 is 5.49. The highest BCUT2D eigenvalue weighted by atomic mass is 32.1. The largest absolute Gasteiger partial charge is 0.494 e. The molecule has 4 rings (SSSR count). The second-order valence-electron chi connectivity index (χ2n) is 5.50. The molecule has 4 aromatic rings. The number of nitrogens with zero attached hydrogens (tertiary/aromatic N) is 2. The summed E-state index contributed by atoms with van der Waals surface area (Å²) in [6.45, 7) is 2.64. The highest BCUT2D eigenvalue weighted by molar-refractivity contribution is 7.17. The van der Waals surface area contributed by atoms with Crippen molar-refractivity contribution in [2.24, 2.45) is 0 Å². The molecule has 0 aliphatic rings. The number of aromatic nitrogens is 2. The number of fused-ring (bicyclic) bond motifs is 1. The Bertz CT molecular complexity index is 981. The predicted octanol–water partition coefficient (Wildman–Crippen LogP) is 5.50. The summed E-state index contributed by atoms with van der Waals surface area (Å²) in [5, 5.41) is 6.60. The summed E-state index contributed by atoms with van der Waals surface area (Å²) in [5.74, 6) is 1.68. The molecule has 2 aromatic carbocycles. The van der Waals surface area contributed by atoms with Crippen molar-refractivity contribution in [2.75, 3.05) is 11.9 Å². The molecular weight excluding hydrogens is 330 g/mol. The molecule has 0 bridgehead atoms. The van der Waals surface area contributed by atoms with Crippen molar-refractivity contribution in [1.82, 2.24) is 9.97 Å². The minimum absolute atomic E-state index is 0.661. The zero-order chi connectivity index (χ0) is 17.1. The minimum Gasteiger partial charge on any atom is -0.494 e. The van der Waals surface area contributed by atoms with Crippen LogP contribution in [0, 0.1) is 0 Å². The van der Waals surface area contributed by atoms with Gasteiger partial charge in [-0.05, 0) is 36.8 Å². The van der Waals surface area contributed by atoms with Gasteiger partial charge in [0, 0.05) is 16.6 Å². The number of nitrogens with one attached hydrogen (secondary N) is 1. The van der Waals surface area contributed by atoms with Crippen molar-refractivity contribution < 1.29 is 4.74 Å². The molecule has 0 fully saturated rings. The summed E-state index contributed by atoms with van der Waals surface area (Å²) in [5.41, 5.74) is 3.28. The first kappa shape index (κ1) is 15.6. The molecule has 2 aromatic heterocycles. The van der Waals surface area contributed by atoms with Crippen molar-refractivity contribution in [1.29, 1.82) is 0 Å². The Hall–Kier alpha value is -2.92. The third kappa shape index (κ3) is 3.19. The van der Waals surface area contributed by atoms with E-state index in [1.54, 1.807) is 17.7 Å². The lowest BCUT2D eigenvalue weighted by Gasteiger charge is -2.09. The van der Waals surface area contributed by atoms with Gasteiger partial charge in [0.1, 0.15) is 22.7 Å². The first-order valence-corrected chi connectivity index (χ1v) is 9.00. The molecule has 0 aliphatic carbocycles. The van der Waals surface area contributed by atoms with Crippen LogP contribution in [0.5, 0.6) is 5.75 Å². The Balaban J connectivity index is 1.73. The molecule has 0 unspecified atom stereocenters. The van der Waals surface area contributed by atoms with Gasteiger partial charge in [-0.2, -0.15) is 0 Å². The number of hydrogen-bond donors (Lipinski definition) is 1. The van der Waals surface area contributed by atoms with E-state index in [9.17, 15) is 0 Å². The van der Waals surface area contributed by atoms with Gasteiger partial charge in [-0.25, -0.2) is 9.97 Å². The maximum Gasteiger partial charge on any atom is 0.143 e. The van der Waals surface area contributed by atoms with E-state index >= 15 is 0 Å². The fraction of sp³-hybridized carbons (Fsp3) is 0.100. The molecule has 5 heteroatoms. The standard InChI is InChI=1S/C20H17N3OS/c1-2-24-16-10-8-15(9-11-16)23-19-18-17(14-6-4-3-5-7-14)12-25-20(18)22-13-21-19/h3-13H,2H2,1H3,(H,21,22,23). The van der Waals surface area contributed by atoms with Crippen LogP contribution < -0.4 is 10.1 Å². The second kappa shape index (κ2) is 6.91. The molecule has 2 heterocycles. The normalized spacial score (nSPS) is 10.8. The van der Waals surface area contributed by atoms with E-state index in [2.05, 4.69) is 32.8 Å². The van der Waals surface area contributed by atoms with E-state index in [1.165, 1.54) is 5.56 Å². The molecule has 0 saturated carbocycles. The van der Waals surface area contributed by atoms with E-state index < -0.39 is 0 Å². The van der Waals surface area contributed by atoms with Crippen LogP contribution in [0.2, 0.25) is 0 Å². The van der Waals surface area contributed by atoms with E-state index in [4.69, 9.17) is 4.74 Å². The first-order chi connectivity index (χ1) is 12.3. The SMILES string of the molecule is CCOc1ccc(Nc2ncnc3scc(-c4ccccc4)c23)cc1. The van der Waals surface area contributed by atoms with Crippen molar-refractivity contribution in [3.8, 4) is 16.9 Å². The summed E-state index contributed by atoms with van der Waals surface area (Å²) in [7, 11) is 0. The zero-order valence-electron chi connectivity index (χ0n) is 13.8. The van der Waals surface area contributed by atoms with Gasteiger partial charge < -0.3 is 10.1 Å². The number of benzene rings is 2. The Morgan fingerprint density at radius 1 is 1.00 bits per heavy atom. The highest BCUT2D eigenvalue weighted by Gasteiger charge is 2.13. The molecule has 0 saturated heterocycles. The molecule has 0 amide bonds. The quantitative estimate of drug-likeness (QED) is 0.518.